The molecule has 0 unspecified atom stereocenters. The number of aromatic amines is 1. The van der Waals surface area contributed by atoms with Gasteiger partial charge in [-0.3, -0.25) is 0 Å². The summed E-state index contributed by atoms with van der Waals surface area (Å²) in [5.74, 6) is 1.09. The number of anilines is 1. The quantitative estimate of drug-likeness (QED) is 0.568. The zero-order chi connectivity index (χ0) is 12.1. The maximum Gasteiger partial charge on any atom is 0.354 e. The highest BCUT2D eigenvalue weighted by Gasteiger charge is 2.14. The van der Waals surface area contributed by atoms with Crippen LogP contribution in [0.15, 0.2) is 6.07 Å². The van der Waals surface area contributed by atoms with Crippen LogP contribution in [0.5, 0.6) is 0 Å². The van der Waals surface area contributed by atoms with Gasteiger partial charge in [0.15, 0.2) is 0 Å². The number of hydrogen-bond donors (Lipinski definition) is 4. The number of H-pyrrole nitrogens is 1. The lowest BCUT2D eigenvalue weighted by Crippen LogP contribution is -2.29. The van der Waals surface area contributed by atoms with E-state index in [0.29, 0.717) is 5.69 Å². The summed E-state index contributed by atoms with van der Waals surface area (Å²) in [6.07, 6.45) is 4.96. The molecule has 1 aromatic heterocycles. The van der Waals surface area contributed by atoms with Crippen molar-refractivity contribution in [1.29, 1.82) is 0 Å². The Kier molecular flexibility index (Phi) is 3.56. The highest BCUT2D eigenvalue weighted by molar-refractivity contribution is 5.99. The highest BCUT2D eigenvalue weighted by atomic mass is 16.4. The lowest BCUT2D eigenvalue weighted by Gasteiger charge is -2.03. The molecule has 0 saturated carbocycles. The van der Waals surface area contributed by atoms with Gasteiger partial charge in [-0.1, -0.05) is 5.92 Å². The lowest BCUT2D eigenvalue weighted by molar-refractivity contribution is 0.0692. The molecular formula is C10H11N3O3. The van der Waals surface area contributed by atoms with Gasteiger partial charge in [0.2, 0.25) is 0 Å². The Morgan fingerprint density at radius 2 is 2.31 bits per heavy atom. The molecule has 0 aliphatic carbocycles. The molecule has 0 bridgehead atoms. The van der Waals surface area contributed by atoms with Crippen LogP contribution in [0.1, 0.15) is 16.2 Å². The first-order chi connectivity index (χ1) is 7.54. The van der Waals surface area contributed by atoms with Crippen molar-refractivity contribution < 1.29 is 14.7 Å². The van der Waals surface area contributed by atoms with E-state index in [1.54, 1.807) is 6.92 Å². The van der Waals surface area contributed by atoms with Gasteiger partial charge in [0.05, 0.1) is 12.2 Å². The van der Waals surface area contributed by atoms with Gasteiger partial charge in [0, 0.05) is 5.69 Å². The molecule has 1 aromatic rings. The molecule has 0 radical (unpaired) electrons. The first kappa shape index (κ1) is 11.7. The summed E-state index contributed by atoms with van der Waals surface area (Å²) in [6.45, 7) is 1.77. The molecule has 0 aliphatic heterocycles. The first-order valence-corrected chi connectivity index (χ1v) is 4.45. The number of aromatic nitrogens is 1. The highest BCUT2D eigenvalue weighted by Crippen LogP contribution is 2.16. The van der Waals surface area contributed by atoms with Gasteiger partial charge < -0.3 is 20.7 Å². The van der Waals surface area contributed by atoms with Crippen molar-refractivity contribution in [2.75, 3.05) is 11.9 Å². The summed E-state index contributed by atoms with van der Waals surface area (Å²) in [5.41, 5.74) is 0.789. The van der Waals surface area contributed by atoms with Crippen LogP contribution < -0.4 is 10.6 Å². The Hall–Kier alpha value is -2.42. The topological polar surface area (TPSA) is 94.2 Å². The Morgan fingerprint density at radius 3 is 2.88 bits per heavy atom. The third-order valence-corrected chi connectivity index (χ3v) is 1.77. The molecule has 0 aliphatic rings. The van der Waals surface area contributed by atoms with Gasteiger partial charge in [-0.2, -0.15) is 0 Å². The number of rotatable bonds is 3. The van der Waals surface area contributed by atoms with E-state index in [0.717, 1.165) is 0 Å². The fraction of sp³-hybridized carbons (Fsp3) is 0.200. The second-order valence-electron chi connectivity index (χ2n) is 3.06. The number of carbonyl (C=O) groups is 2. The van der Waals surface area contributed by atoms with Crippen molar-refractivity contribution in [2.45, 2.75) is 6.92 Å². The minimum absolute atomic E-state index is 0.0617. The van der Waals surface area contributed by atoms with E-state index in [-0.39, 0.29) is 17.9 Å². The second-order valence-corrected chi connectivity index (χ2v) is 3.06. The minimum atomic E-state index is -1.14. The van der Waals surface area contributed by atoms with E-state index in [1.165, 1.54) is 6.07 Å². The number of urea groups is 1. The summed E-state index contributed by atoms with van der Waals surface area (Å²) in [6, 6.07) is 0.985. The zero-order valence-corrected chi connectivity index (χ0v) is 8.63. The number of aromatic carboxylic acids is 1. The number of nitrogens with one attached hydrogen (secondary N) is 3. The fourth-order valence-electron chi connectivity index (χ4n) is 1.15. The van der Waals surface area contributed by atoms with Crippen molar-refractivity contribution in [3.05, 3.63) is 17.5 Å². The molecule has 6 heteroatoms. The summed E-state index contributed by atoms with van der Waals surface area (Å²) in [7, 11) is 0. The molecule has 6 nitrogen and oxygen atoms in total. The van der Waals surface area contributed by atoms with Crippen LogP contribution in [0.25, 0.3) is 0 Å². The molecule has 16 heavy (non-hydrogen) atoms. The SMILES string of the molecule is C#CCNC(=O)Nc1cc(C)[nH]c1C(=O)O. The summed E-state index contributed by atoms with van der Waals surface area (Å²) in [4.78, 5) is 24.6. The van der Waals surface area contributed by atoms with Crippen LogP contribution >= 0.6 is 0 Å². The van der Waals surface area contributed by atoms with Crippen LogP contribution in [0.3, 0.4) is 0 Å². The fourth-order valence-corrected chi connectivity index (χ4v) is 1.15. The van der Waals surface area contributed by atoms with Crippen LogP contribution in [-0.4, -0.2) is 28.6 Å². The summed E-state index contributed by atoms with van der Waals surface area (Å²) in [5, 5.41) is 13.6. The van der Waals surface area contributed by atoms with Crippen molar-refractivity contribution in [2.24, 2.45) is 0 Å². The lowest BCUT2D eigenvalue weighted by atomic mass is 10.3. The molecule has 1 rings (SSSR count). The van der Waals surface area contributed by atoms with Crippen LogP contribution in [0, 0.1) is 19.3 Å². The predicted molar refractivity (Wildman–Crippen MR) is 58.3 cm³/mol. The predicted octanol–water partition coefficient (Wildman–Crippen LogP) is 0.776. The number of carboxylic acids is 1. The van der Waals surface area contributed by atoms with Gasteiger partial charge in [0.1, 0.15) is 5.69 Å². The van der Waals surface area contributed by atoms with Gasteiger partial charge in [-0.25, -0.2) is 9.59 Å². The molecule has 2 amide bonds. The smallest absolute Gasteiger partial charge is 0.354 e. The molecule has 0 saturated heterocycles. The van der Waals surface area contributed by atoms with E-state index in [9.17, 15) is 9.59 Å². The molecular weight excluding hydrogens is 210 g/mol. The van der Waals surface area contributed by atoms with Crippen molar-refractivity contribution >= 4 is 17.7 Å². The Morgan fingerprint density at radius 1 is 1.62 bits per heavy atom. The van der Waals surface area contributed by atoms with Crippen LogP contribution in [0.2, 0.25) is 0 Å². The van der Waals surface area contributed by atoms with Gasteiger partial charge in [-0.15, -0.1) is 6.42 Å². The third kappa shape index (κ3) is 2.78. The minimum Gasteiger partial charge on any atom is -0.477 e. The van der Waals surface area contributed by atoms with Gasteiger partial charge in [-0.05, 0) is 13.0 Å². The zero-order valence-electron chi connectivity index (χ0n) is 8.63. The summed E-state index contributed by atoms with van der Waals surface area (Å²) < 4.78 is 0. The molecule has 0 spiro atoms. The van der Waals surface area contributed by atoms with E-state index >= 15 is 0 Å². The second kappa shape index (κ2) is 4.89. The third-order valence-electron chi connectivity index (χ3n) is 1.77. The number of terminal acetylenes is 1. The molecule has 0 fully saturated rings. The van der Waals surface area contributed by atoms with E-state index in [2.05, 4.69) is 21.5 Å². The molecule has 1 heterocycles. The molecule has 4 N–H and O–H groups in total. The first-order valence-electron chi connectivity index (χ1n) is 4.45. The van der Waals surface area contributed by atoms with Gasteiger partial charge in [0.25, 0.3) is 0 Å². The van der Waals surface area contributed by atoms with E-state index < -0.39 is 12.0 Å². The number of hydrogen-bond acceptors (Lipinski definition) is 2. The Bertz CT molecular complexity index is 456. The monoisotopic (exact) mass is 221 g/mol. The number of carbonyl (C=O) groups excluding carboxylic acids is 1. The molecule has 0 aromatic carbocycles. The average Bonchev–Trinajstić information content (AvgIpc) is 2.56. The largest absolute Gasteiger partial charge is 0.477 e. The number of carboxylic acid groups (broad SMARTS) is 1. The normalized spacial score (nSPS) is 9.25. The average molecular weight is 221 g/mol. The van der Waals surface area contributed by atoms with Crippen molar-refractivity contribution in [1.82, 2.24) is 10.3 Å². The Labute approximate surface area is 92.0 Å². The number of amides is 2. The van der Waals surface area contributed by atoms with Crippen molar-refractivity contribution in [3.8, 4) is 12.3 Å². The van der Waals surface area contributed by atoms with Gasteiger partial charge >= 0.3 is 12.0 Å². The van der Waals surface area contributed by atoms with Crippen molar-refractivity contribution in [3.63, 3.8) is 0 Å². The maximum absolute atomic E-state index is 11.2. The molecule has 0 atom stereocenters. The Balaban J connectivity index is 2.77. The van der Waals surface area contributed by atoms with E-state index in [1.807, 2.05) is 0 Å². The standard InChI is InChI=1S/C10H11N3O3/c1-3-4-11-10(16)13-7-5-6(2)12-8(7)9(14)15/h1,5,12H,4H2,2H3,(H,14,15)(H2,11,13,16). The van der Waals surface area contributed by atoms with Crippen LogP contribution in [0.4, 0.5) is 10.5 Å². The van der Waals surface area contributed by atoms with E-state index in [4.69, 9.17) is 11.5 Å². The molecule has 84 valence electrons. The van der Waals surface area contributed by atoms with Crippen LogP contribution in [-0.2, 0) is 0 Å². The maximum atomic E-state index is 11.2. The summed E-state index contributed by atoms with van der Waals surface area (Å²) >= 11 is 0. The number of aryl methyl sites for hydroxylation is 1.